The van der Waals surface area contributed by atoms with Crippen LogP contribution in [0.3, 0.4) is 0 Å². The largest absolute Gasteiger partial charge is 0.326 e. The molecule has 0 saturated heterocycles. The number of aryl methyl sites for hydroxylation is 2. The number of hydrogen-bond acceptors (Lipinski definition) is 3. The fourth-order valence-electron chi connectivity index (χ4n) is 3.94. The van der Waals surface area contributed by atoms with Crippen molar-refractivity contribution >= 4 is 11.6 Å². The van der Waals surface area contributed by atoms with Gasteiger partial charge in [0, 0.05) is 31.0 Å². The lowest BCUT2D eigenvalue weighted by Gasteiger charge is -2.13. The topological polar surface area (TPSA) is 59.8 Å². The zero-order chi connectivity index (χ0) is 19.7. The fourth-order valence-corrected chi connectivity index (χ4v) is 3.94. The number of nitrogens with one attached hydrogen (secondary N) is 1. The van der Waals surface area contributed by atoms with Gasteiger partial charge in [-0.2, -0.15) is 0 Å². The lowest BCUT2D eigenvalue weighted by atomic mass is 10.0. The Hall–Kier alpha value is -2.17. The van der Waals surface area contributed by atoms with E-state index in [9.17, 15) is 4.79 Å². The van der Waals surface area contributed by atoms with Crippen LogP contribution in [0.25, 0.3) is 0 Å². The van der Waals surface area contributed by atoms with E-state index in [1.54, 1.807) is 0 Å². The maximum atomic E-state index is 12.6. The average molecular weight is 381 g/mol. The van der Waals surface area contributed by atoms with E-state index in [1.807, 2.05) is 6.07 Å². The minimum absolute atomic E-state index is 0.0603. The summed E-state index contributed by atoms with van der Waals surface area (Å²) < 4.78 is 2.31. The number of rotatable bonds is 9. The number of carbonyl (C=O) groups excluding carboxylic acids is 1. The van der Waals surface area contributed by atoms with Crippen molar-refractivity contribution in [3.63, 3.8) is 0 Å². The molecule has 1 aromatic carbocycles. The molecule has 2 aliphatic carbocycles. The van der Waals surface area contributed by atoms with Crippen LogP contribution in [-0.4, -0.2) is 20.7 Å². The Kier molecular flexibility index (Phi) is 5.51. The van der Waals surface area contributed by atoms with Gasteiger partial charge in [-0.3, -0.25) is 4.79 Å². The van der Waals surface area contributed by atoms with E-state index in [1.165, 1.54) is 36.8 Å². The monoisotopic (exact) mass is 380 g/mol. The quantitative estimate of drug-likeness (QED) is 0.669. The van der Waals surface area contributed by atoms with Crippen LogP contribution in [-0.2, 0) is 17.6 Å². The smallest absolute Gasteiger partial charge is 0.224 e. The van der Waals surface area contributed by atoms with Crippen molar-refractivity contribution in [2.24, 2.45) is 5.92 Å². The molecule has 150 valence electrons. The van der Waals surface area contributed by atoms with E-state index in [0.717, 1.165) is 30.2 Å². The molecule has 0 aliphatic heterocycles. The highest BCUT2D eigenvalue weighted by atomic mass is 16.1. The fraction of sp³-hybridized carbons (Fsp3) is 0.609. The number of benzene rings is 1. The number of aromatic nitrogens is 3. The van der Waals surface area contributed by atoms with Crippen LogP contribution >= 0.6 is 0 Å². The Labute approximate surface area is 167 Å². The van der Waals surface area contributed by atoms with Crippen LogP contribution in [0.4, 0.5) is 5.69 Å². The van der Waals surface area contributed by atoms with Gasteiger partial charge in [-0.25, -0.2) is 0 Å². The molecule has 28 heavy (non-hydrogen) atoms. The number of amides is 1. The van der Waals surface area contributed by atoms with Gasteiger partial charge < -0.3 is 9.88 Å². The van der Waals surface area contributed by atoms with Gasteiger partial charge in [0.15, 0.2) is 0 Å². The highest BCUT2D eigenvalue weighted by Gasteiger charge is 2.29. The molecule has 0 spiro atoms. The molecule has 0 unspecified atom stereocenters. The molecule has 0 bridgehead atoms. The normalized spacial score (nSPS) is 16.6. The van der Waals surface area contributed by atoms with E-state index in [4.69, 9.17) is 0 Å². The van der Waals surface area contributed by atoms with Crippen LogP contribution in [0.15, 0.2) is 18.2 Å². The molecule has 2 aromatic rings. The summed E-state index contributed by atoms with van der Waals surface area (Å²) in [4.78, 5) is 12.6. The van der Waals surface area contributed by atoms with Crippen molar-refractivity contribution in [3.05, 3.63) is 41.0 Å². The van der Waals surface area contributed by atoms with Crippen molar-refractivity contribution in [2.45, 2.75) is 84.1 Å². The third-order valence-electron chi connectivity index (χ3n) is 5.94. The van der Waals surface area contributed by atoms with E-state index < -0.39 is 0 Å². The minimum Gasteiger partial charge on any atom is -0.326 e. The van der Waals surface area contributed by atoms with Crippen LogP contribution < -0.4 is 5.32 Å². The summed E-state index contributed by atoms with van der Waals surface area (Å²) in [6, 6.07) is 6.81. The average Bonchev–Trinajstić information content (AvgIpc) is 3.58. The predicted octanol–water partition coefficient (Wildman–Crippen LogP) is 4.96. The number of anilines is 1. The SMILES string of the molecule is Cc1c(NC(=O)CCc2nnc(CCC(C)C)n2C2CC2)cccc1C1CC1. The van der Waals surface area contributed by atoms with Crippen molar-refractivity contribution in [3.8, 4) is 0 Å². The Morgan fingerprint density at radius 3 is 2.50 bits per heavy atom. The second kappa shape index (κ2) is 8.06. The molecule has 0 atom stereocenters. The Morgan fingerprint density at radius 1 is 1.14 bits per heavy atom. The molecular weight excluding hydrogens is 348 g/mol. The highest BCUT2D eigenvalue weighted by Crippen LogP contribution is 2.43. The maximum Gasteiger partial charge on any atom is 0.224 e. The standard InChI is InChI=1S/C23H32N4O/c1-15(2)7-12-21-25-26-22(27(21)18-10-11-18)13-14-23(28)24-20-6-4-5-19(16(20)3)17-8-9-17/h4-6,15,17-18H,7-14H2,1-3H3,(H,24,28). The number of carbonyl (C=O) groups is 1. The molecular formula is C23H32N4O. The summed E-state index contributed by atoms with van der Waals surface area (Å²) in [5.74, 6) is 3.48. The van der Waals surface area contributed by atoms with Gasteiger partial charge in [0.25, 0.3) is 0 Å². The van der Waals surface area contributed by atoms with Crippen molar-refractivity contribution < 1.29 is 4.79 Å². The Bertz CT molecular complexity index is 846. The lowest BCUT2D eigenvalue weighted by molar-refractivity contribution is -0.116. The first-order chi connectivity index (χ1) is 13.5. The van der Waals surface area contributed by atoms with Gasteiger partial charge in [-0.05, 0) is 68.1 Å². The molecule has 2 fully saturated rings. The molecule has 5 heteroatoms. The first kappa shape index (κ1) is 19.2. The molecule has 2 aliphatic rings. The second-order valence-electron chi connectivity index (χ2n) is 8.91. The molecule has 1 N–H and O–H groups in total. The molecule has 4 rings (SSSR count). The summed E-state index contributed by atoms with van der Waals surface area (Å²) in [5.41, 5.74) is 3.56. The lowest BCUT2D eigenvalue weighted by Crippen LogP contribution is -2.15. The third kappa shape index (κ3) is 4.45. The molecule has 1 heterocycles. The van der Waals surface area contributed by atoms with E-state index in [2.05, 4.69) is 53.0 Å². The summed E-state index contributed by atoms with van der Waals surface area (Å²) in [5, 5.41) is 12.0. The zero-order valence-electron chi connectivity index (χ0n) is 17.4. The van der Waals surface area contributed by atoms with Gasteiger partial charge in [0.05, 0.1) is 0 Å². The predicted molar refractivity (Wildman–Crippen MR) is 112 cm³/mol. The third-order valence-corrected chi connectivity index (χ3v) is 5.94. The Balaban J connectivity index is 1.38. The van der Waals surface area contributed by atoms with Crippen LogP contribution in [0, 0.1) is 12.8 Å². The first-order valence-electron chi connectivity index (χ1n) is 10.8. The maximum absolute atomic E-state index is 12.6. The Morgan fingerprint density at radius 2 is 1.86 bits per heavy atom. The van der Waals surface area contributed by atoms with Crippen LogP contribution in [0.1, 0.15) is 87.1 Å². The minimum atomic E-state index is 0.0603. The van der Waals surface area contributed by atoms with Gasteiger partial charge in [-0.15, -0.1) is 10.2 Å². The molecule has 2 saturated carbocycles. The van der Waals surface area contributed by atoms with Crippen LogP contribution in [0.2, 0.25) is 0 Å². The zero-order valence-corrected chi connectivity index (χ0v) is 17.4. The van der Waals surface area contributed by atoms with Crippen molar-refractivity contribution in [1.29, 1.82) is 0 Å². The van der Waals surface area contributed by atoms with E-state index in [-0.39, 0.29) is 5.91 Å². The summed E-state index contributed by atoms with van der Waals surface area (Å²) in [6.07, 6.45) is 8.16. The van der Waals surface area contributed by atoms with Gasteiger partial charge in [0.1, 0.15) is 11.6 Å². The molecule has 1 amide bonds. The summed E-state index contributed by atoms with van der Waals surface area (Å²) in [6.45, 7) is 6.60. The van der Waals surface area contributed by atoms with Gasteiger partial charge >= 0.3 is 0 Å². The highest BCUT2D eigenvalue weighted by molar-refractivity contribution is 5.91. The first-order valence-corrected chi connectivity index (χ1v) is 10.8. The van der Waals surface area contributed by atoms with Gasteiger partial charge in [0.2, 0.25) is 5.91 Å². The molecule has 0 radical (unpaired) electrons. The van der Waals surface area contributed by atoms with Gasteiger partial charge in [-0.1, -0.05) is 26.0 Å². The summed E-state index contributed by atoms with van der Waals surface area (Å²) in [7, 11) is 0. The number of nitrogens with zero attached hydrogens (tertiary/aromatic N) is 3. The van der Waals surface area contributed by atoms with E-state index >= 15 is 0 Å². The molecule has 1 aromatic heterocycles. The van der Waals surface area contributed by atoms with Crippen molar-refractivity contribution in [2.75, 3.05) is 5.32 Å². The van der Waals surface area contributed by atoms with Crippen LogP contribution in [0.5, 0.6) is 0 Å². The van der Waals surface area contributed by atoms with Crippen molar-refractivity contribution in [1.82, 2.24) is 14.8 Å². The molecule has 5 nitrogen and oxygen atoms in total. The summed E-state index contributed by atoms with van der Waals surface area (Å²) >= 11 is 0. The van der Waals surface area contributed by atoms with E-state index in [0.29, 0.717) is 30.7 Å². The number of hydrogen-bond donors (Lipinski definition) is 1. The second-order valence-corrected chi connectivity index (χ2v) is 8.91.